The Kier molecular flexibility index (Phi) is 10.7. The van der Waals surface area contributed by atoms with Crippen LogP contribution in [0.1, 0.15) is 36.1 Å². The number of nitro groups is 1. The Morgan fingerprint density at radius 2 is 1.47 bits per heavy atom. The SMILES string of the molecule is CCN(CC)CC(=O)Nc1c(C)cccc1C.O=[N+]([O-])c1ccccc1C=Cc1ccccc1. The Morgan fingerprint density at radius 3 is 2.06 bits per heavy atom. The number of nitrogens with one attached hydrogen (secondary N) is 1. The summed E-state index contributed by atoms with van der Waals surface area (Å²) < 4.78 is 0. The number of nitrogens with zero attached hydrogens (tertiary/aromatic N) is 2. The number of nitro benzene ring substituents is 1. The minimum absolute atomic E-state index is 0.0612. The van der Waals surface area contributed by atoms with Gasteiger partial charge in [0.05, 0.1) is 17.0 Å². The van der Waals surface area contributed by atoms with Crippen molar-refractivity contribution in [2.75, 3.05) is 25.0 Å². The summed E-state index contributed by atoms with van der Waals surface area (Å²) in [4.78, 5) is 24.4. The van der Waals surface area contributed by atoms with Gasteiger partial charge in [-0.25, -0.2) is 0 Å². The Bertz CT molecular complexity index is 1090. The number of para-hydroxylation sites is 2. The maximum absolute atomic E-state index is 11.9. The van der Waals surface area contributed by atoms with E-state index in [0.29, 0.717) is 12.1 Å². The molecule has 0 spiro atoms. The van der Waals surface area contributed by atoms with Gasteiger partial charge in [-0.2, -0.15) is 0 Å². The van der Waals surface area contributed by atoms with E-state index in [-0.39, 0.29) is 16.5 Å². The fourth-order valence-corrected chi connectivity index (χ4v) is 3.39. The van der Waals surface area contributed by atoms with Gasteiger partial charge in [0.1, 0.15) is 0 Å². The van der Waals surface area contributed by atoms with Crippen molar-refractivity contribution in [3.63, 3.8) is 0 Å². The van der Waals surface area contributed by atoms with Gasteiger partial charge in [-0.15, -0.1) is 0 Å². The molecular weight excluding hydrogens is 426 g/mol. The molecular formula is C28H33N3O3. The number of amides is 1. The fourth-order valence-electron chi connectivity index (χ4n) is 3.39. The van der Waals surface area contributed by atoms with Crippen LogP contribution in [0.3, 0.4) is 0 Å². The van der Waals surface area contributed by atoms with E-state index in [2.05, 4.69) is 24.1 Å². The second kappa shape index (κ2) is 13.7. The average Bonchev–Trinajstić information content (AvgIpc) is 2.85. The summed E-state index contributed by atoms with van der Waals surface area (Å²) in [5.74, 6) is 0.0612. The number of hydrogen-bond donors (Lipinski definition) is 1. The van der Waals surface area contributed by atoms with Crippen LogP contribution in [0.2, 0.25) is 0 Å². The van der Waals surface area contributed by atoms with Gasteiger partial charge in [-0.3, -0.25) is 19.8 Å². The molecule has 0 bridgehead atoms. The van der Waals surface area contributed by atoms with Gasteiger partial charge < -0.3 is 5.32 Å². The highest BCUT2D eigenvalue weighted by Gasteiger charge is 2.10. The molecule has 0 aliphatic carbocycles. The van der Waals surface area contributed by atoms with Gasteiger partial charge in [-0.05, 0) is 55.8 Å². The molecule has 0 radical (unpaired) electrons. The first-order valence-electron chi connectivity index (χ1n) is 11.4. The first-order valence-corrected chi connectivity index (χ1v) is 11.4. The topological polar surface area (TPSA) is 75.5 Å². The van der Waals surface area contributed by atoms with Crippen LogP contribution in [0.25, 0.3) is 12.2 Å². The van der Waals surface area contributed by atoms with E-state index in [9.17, 15) is 14.9 Å². The molecule has 3 rings (SSSR count). The number of likely N-dealkylation sites (N-methyl/N-ethyl adjacent to an activating group) is 1. The highest BCUT2D eigenvalue weighted by molar-refractivity contribution is 5.93. The highest BCUT2D eigenvalue weighted by Crippen LogP contribution is 2.20. The van der Waals surface area contributed by atoms with E-state index >= 15 is 0 Å². The average molecular weight is 460 g/mol. The first-order chi connectivity index (χ1) is 16.3. The zero-order valence-electron chi connectivity index (χ0n) is 20.3. The molecule has 0 aliphatic rings. The lowest BCUT2D eigenvalue weighted by molar-refractivity contribution is -0.385. The summed E-state index contributed by atoms with van der Waals surface area (Å²) >= 11 is 0. The Hall–Kier alpha value is -3.77. The molecule has 178 valence electrons. The number of hydrogen-bond acceptors (Lipinski definition) is 4. The van der Waals surface area contributed by atoms with Crippen LogP contribution in [-0.4, -0.2) is 35.4 Å². The molecule has 0 unspecified atom stereocenters. The van der Waals surface area contributed by atoms with Crippen molar-refractivity contribution < 1.29 is 9.72 Å². The molecule has 0 aliphatic heterocycles. The molecule has 3 aromatic carbocycles. The summed E-state index contributed by atoms with van der Waals surface area (Å²) in [5, 5.41) is 13.8. The molecule has 1 amide bonds. The highest BCUT2D eigenvalue weighted by atomic mass is 16.6. The number of carbonyl (C=O) groups is 1. The second-order valence-corrected chi connectivity index (χ2v) is 7.84. The lowest BCUT2D eigenvalue weighted by Gasteiger charge is -2.18. The molecule has 0 atom stereocenters. The van der Waals surface area contributed by atoms with Crippen LogP contribution in [-0.2, 0) is 4.79 Å². The summed E-state index contributed by atoms with van der Waals surface area (Å²) in [6, 6.07) is 22.4. The molecule has 1 N–H and O–H groups in total. The van der Waals surface area contributed by atoms with Gasteiger partial charge in [-0.1, -0.05) is 80.6 Å². The van der Waals surface area contributed by atoms with Crippen molar-refractivity contribution in [3.8, 4) is 0 Å². The molecule has 0 saturated heterocycles. The van der Waals surface area contributed by atoms with Crippen molar-refractivity contribution in [2.24, 2.45) is 0 Å². The molecule has 6 heteroatoms. The third kappa shape index (κ3) is 8.30. The first kappa shape index (κ1) is 26.5. The van der Waals surface area contributed by atoms with E-state index in [4.69, 9.17) is 0 Å². The second-order valence-electron chi connectivity index (χ2n) is 7.84. The van der Waals surface area contributed by atoms with Crippen LogP contribution in [0.15, 0.2) is 72.8 Å². The molecule has 3 aromatic rings. The van der Waals surface area contributed by atoms with Gasteiger partial charge >= 0.3 is 0 Å². The van der Waals surface area contributed by atoms with Crippen LogP contribution < -0.4 is 5.32 Å². The Balaban J connectivity index is 0.000000240. The molecule has 0 fully saturated rings. The predicted molar refractivity (Wildman–Crippen MR) is 141 cm³/mol. The standard InChI is InChI=1S/C14H22N2O.C14H11NO2/c1-5-16(6-2)10-13(17)15-14-11(3)8-7-9-12(14)4;16-15(17)14-9-5-4-8-13(14)11-10-12-6-2-1-3-7-12/h7-9H,5-6,10H2,1-4H3,(H,15,17);1-11H. The molecule has 6 nitrogen and oxygen atoms in total. The minimum atomic E-state index is -0.370. The van der Waals surface area contributed by atoms with Crippen molar-refractivity contribution in [1.82, 2.24) is 4.90 Å². The van der Waals surface area contributed by atoms with E-state index in [1.54, 1.807) is 24.3 Å². The van der Waals surface area contributed by atoms with Crippen LogP contribution in [0.5, 0.6) is 0 Å². The van der Waals surface area contributed by atoms with Crippen LogP contribution in [0.4, 0.5) is 11.4 Å². The molecule has 0 aromatic heterocycles. The van der Waals surface area contributed by atoms with Gasteiger partial charge in [0.2, 0.25) is 5.91 Å². The minimum Gasteiger partial charge on any atom is -0.324 e. The largest absolute Gasteiger partial charge is 0.324 e. The zero-order valence-corrected chi connectivity index (χ0v) is 20.3. The Morgan fingerprint density at radius 1 is 0.882 bits per heavy atom. The number of anilines is 1. The third-order valence-electron chi connectivity index (χ3n) is 5.40. The zero-order chi connectivity index (χ0) is 24.9. The third-order valence-corrected chi connectivity index (χ3v) is 5.40. The van der Waals surface area contributed by atoms with Crippen LogP contribution in [0, 0.1) is 24.0 Å². The smallest absolute Gasteiger partial charge is 0.276 e. The van der Waals surface area contributed by atoms with Gasteiger partial charge in [0.25, 0.3) is 5.69 Å². The maximum atomic E-state index is 11.9. The summed E-state index contributed by atoms with van der Waals surface area (Å²) in [5.41, 5.74) is 4.92. The van der Waals surface area contributed by atoms with E-state index in [1.165, 1.54) is 6.07 Å². The van der Waals surface area contributed by atoms with Crippen molar-refractivity contribution in [2.45, 2.75) is 27.7 Å². The number of rotatable bonds is 8. The lowest BCUT2D eigenvalue weighted by atomic mass is 10.1. The monoisotopic (exact) mass is 459 g/mol. The van der Waals surface area contributed by atoms with Crippen LogP contribution >= 0.6 is 0 Å². The molecule has 0 saturated carbocycles. The van der Waals surface area contributed by atoms with Crippen molar-refractivity contribution >= 4 is 29.4 Å². The van der Waals surface area contributed by atoms with E-state index in [0.717, 1.165) is 35.5 Å². The Labute approximate surface area is 202 Å². The maximum Gasteiger partial charge on any atom is 0.276 e. The predicted octanol–water partition coefficient (Wildman–Crippen LogP) is 6.35. The van der Waals surface area contributed by atoms with E-state index in [1.807, 2.05) is 68.5 Å². The number of benzene rings is 3. The molecule has 34 heavy (non-hydrogen) atoms. The summed E-state index contributed by atoms with van der Waals surface area (Å²) in [6.45, 7) is 10.4. The van der Waals surface area contributed by atoms with Crippen molar-refractivity contribution in [3.05, 3.63) is 105 Å². The quantitative estimate of drug-likeness (QED) is 0.242. The fraction of sp³-hybridized carbons (Fsp3) is 0.250. The molecule has 0 heterocycles. The van der Waals surface area contributed by atoms with E-state index < -0.39 is 0 Å². The van der Waals surface area contributed by atoms with Crippen molar-refractivity contribution in [1.29, 1.82) is 0 Å². The van der Waals surface area contributed by atoms with Gasteiger partial charge in [0, 0.05) is 11.8 Å². The summed E-state index contributed by atoms with van der Waals surface area (Å²) in [6.07, 6.45) is 3.62. The lowest BCUT2D eigenvalue weighted by Crippen LogP contribution is -2.33. The normalized spacial score (nSPS) is 10.6. The number of aryl methyl sites for hydroxylation is 2. The number of carbonyl (C=O) groups excluding carboxylic acids is 1. The van der Waals surface area contributed by atoms with Gasteiger partial charge in [0.15, 0.2) is 0 Å². The summed E-state index contributed by atoms with van der Waals surface area (Å²) in [7, 11) is 0.